The Morgan fingerprint density at radius 2 is 1.92 bits per heavy atom. The summed E-state index contributed by atoms with van der Waals surface area (Å²) in [6.45, 7) is 0.415. The number of pyridine rings is 1. The fraction of sp³-hybridized carbons (Fsp3) is 0.211. The van der Waals surface area contributed by atoms with E-state index in [-0.39, 0.29) is 12.3 Å². The van der Waals surface area contributed by atoms with Crippen LogP contribution >= 0.6 is 0 Å². The standard InChI is InChI=1S/C19H20N4O3/c1-25-16-6-4-14(10-17(16)26-2)11-19(24)21-13-15-5-7-18(20-12-15)23-9-3-8-22-23/h3-10,12H,11,13H2,1-2H3,(H,21,24). The first kappa shape index (κ1) is 17.5. The molecule has 0 saturated heterocycles. The molecular formula is C19H20N4O3. The van der Waals surface area contributed by atoms with Gasteiger partial charge in [-0.3, -0.25) is 4.79 Å². The van der Waals surface area contributed by atoms with Crippen LogP contribution in [0, 0.1) is 0 Å². The summed E-state index contributed by atoms with van der Waals surface area (Å²) < 4.78 is 12.1. The van der Waals surface area contributed by atoms with Crippen LogP contribution in [0.3, 0.4) is 0 Å². The van der Waals surface area contributed by atoms with E-state index >= 15 is 0 Å². The average molecular weight is 352 g/mol. The summed E-state index contributed by atoms with van der Waals surface area (Å²) in [7, 11) is 3.15. The maximum absolute atomic E-state index is 12.2. The summed E-state index contributed by atoms with van der Waals surface area (Å²) in [4.78, 5) is 16.5. The normalized spacial score (nSPS) is 10.4. The van der Waals surface area contributed by atoms with E-state index in [1.54, 1.807) is 43.4 Å². The van der Waals surface area contributed by atoms with Gasteiger partial charge in [0.15, 0.2) is 17.3 Å². The summed E-state index contributed by atoms with van der Waals surface area (Å²) in [6, 6.07) is 11.1. The molecule has 2 heterocycles. The van der Waals surface area contributed by atoms with Crippen molar-refractivity contribution < 1.29 is 14.3 Å². The summed E-state index contributed by atoms with van der Waals surface area (Å²) in [6.07, 6.45) is 5.52. The fourth-order valence-electron chi connectivity index (χ4n) is 2.50. The molecule has 0 aliphatic rings. The van der Waals surface area contributed by atoms with Gasteiger partial charge in [0.2, 0.25) is 5.91 Å². The van der Waals surface area contributed by atoms with Crippen molar-refractivity contribution in [2.24, 2.45) is 0 Å². The second kappa shape index (κ2) is 8.15. The molecule has 3 aromatic rings. The van der Waals surface area contributed by atoms with Crippen LogP contribution < -0.4 is 14.8 Å². The lowest BCUT2D eigenvalue weighted by Crippen LogP contribution is -2.24. The third-order valence-corrected chi connectivity index (χ3v) is 3.85. The van der Waals surface area contributed by atoms with E-state index in [0.717, 1.165) is 16.9 Å². The van der Waals surface area contributed by atoms with Crippen LogP contribution in [0.25, 0.3) is 5.82 Å². The number of methoxy groups -OCH3 is 2. The van der Waals surface area contributed by atoms with Gasteiger partial charge in [0, 0.05) is 25.1 Å². The molecule has 0 atom stereocenters. The highest BCUT2D eigenvalue weighted by molar-refractivity contribution is 5.78. The average Bonchev–Trinajstić information content (AvgIpc) is 3.21. The number of benzene rings is 1. The number of ether oxygens (including phenoxy) is 2. The van der Waals surface area contributed by atoms with Crippen LogP contribution in [0.2, 0.25) is 0 Å². The molecule has 0 radical (unpaired) electrons. The molecule has 26 heavy (non-hydrogen) atoms. The van der Waals surface area contributed by atoms with Crippen LogP contribution in [0.5, 0.6) is 11.5 Å². The van der Waals surface area contributed by atoms with Crippen molar-refractivity contribution in [1.82, 2.24) is 20.1 Å². The zero-order chi connectivity index (χ0) is 18.4. The van der Waals surface area contributed by atoms with Gasteiger partial charge in [0.05, 0.1) is 20.6 Å². The fourth-order valence-corrected chi connectivity index (χ4v) is 2.50. The van der Waals surface area contributed by atoms with Crippen molar-refractivity contribution in [2.45, 2.75) is 13.0 Å². The number of rotatable bonds is 7. The Kier molecular flexibility index (Phi) is 5.48. The van der Waals surface area contributed by atoms with Crippen LogP contribution in [-0.4, -0.2) is 34.9 Å². The van der Waals surface area contributed by atoms with Gasteiger partial charge in [-0.25, -0.2) is 9.67 Å². The van der Waals surface area contributed by atoms with Crippen LogP contribution in [0.4, 0.5) is 0 Å². The Hall–Kier alpha value is -3.35. The molecule has 0 unspecified atom stereocenters. The molecule has 134 valence electrons. The lowest BCUT2D eigenvalue weighted by molar-refractivity contribution is -0.120. The van der Waals surface area contributed by atoms with E-state index < -0.39 is 0 Å². The van der Waals surface area contributed by atoms with E-state index in [0.29, 0.717) is 18.0 Å². The third kappa shape index (κ3) is 4.18. The quantitative estimate of drug-likeness (QED) is 0.705. The molecule has 1 aromatic carbocycles. The second-order valence-corrected chi connectivity index (χ2v) is 5.62. The molecule has 1 amide bonds. The molecule has 2 aromatic heterocycles. The largest absolute Gasteiger partial charge is 0.493 e. The van der Waals surface area contributed by atoms with Gasteiger partial charge in [-0.15, -0.1) is 0 Å². The first-order valence-corrected chi connectivity index (χ1v) is 8.12. The minimum absolute atomic E-state index is 0.0756. The monoisotopic (exact) mass is 352 g/mol. The third-order valence-electron chi connectivity index (χ3n) is 3.85. The van der Waals surface area contributed by atoms with Gasteiger partial charge in [-0.2, -0.15) is 5.10 Å². The molecule has 1 N–H and O–H groups in total. The van der Waals surface area contributed by atoms with Gasteiger partial charge >= 0.3 is 0 Å². The van der Waals surface area contributed by atoms with Crippen LogP contribution in [-0.2, 0) is 17.8 Å². The van der Waals surface area contributed by atoms with E-state index in [2.05, 4.69) is 15.4 Å². The highest BCUT2D eigenvalue weighted by Gasteiger charge is 2.08. The Labute approximate surface area is 151 Å². The zero-order valence-corrected chi connectivity index (χ0v) is 14.7. The number of carbonyl (C=O) groups is 1. The number of aromatic nitrogens is 3. The number of carbonyl (C=O) groups excluding carboxylic acids is 1. The topological polar surface area (TPSA) is 78.3 Å². The second-order valence-electron chi connectivity index (χ2n) is 5.62. The highest BCUT2D eigenvalue weighted by atomic mass is 16.5. The molecule has 0 aliphatic heterocycles. The summed E-state index contributed by atoms with van der Waals surface area (Å²) in [5.41, 5.74) is 1.77. The van der Waals surface area contributed by atoms with Crippen molar-refractivity contribution in [2.75, 3.05) is 14.2 Å². The molecule has 0 saturated carbocycles. The molecular weight excluding hydrogens is 332 g/mol. The Morgan fingerprint density at radius 3 is 2.58 bits per heavy atom. The zero-order valence-electron chi connectivity index (χ0n) is 14.7. The number of hydrogen-bond acceptors (Lipinski definition) is 5. The maximum atomic E-state index is 12.2. The lowest BCUT2D eigenvalue weighted by atomic mass is 10.1. The predicted molar refractivity (Wildman–Crippen MR) is 96.5 cm³/mol. The van der Waals surface area contributed by atoms with Gasteiger partial charge in [0.1, 0.15) is 0 Å². The number of hydrogen-bond donors (Lipinski definition) is 1. The smallest absolute Gasteiger partial charge is 0.224 e. The van der Waals surface area contributed by atoms with E-state index in [4.69, 9.17) is 9.47 Å². The van der Waals surface area contributed by atoms with E-state index in [1.807, 2.05) is 30.5 Å². The Balaban J connectivity index is 1.55. The van der Waals surface area contributed by atoms with Gasteiger partial charge in [-0.1, -0.05) is 12.1 Å². The first-order valence-electron chi connectivity index (χ1n) is 8.12. The van der Waals surface area contributed by atoms with Crippen molar-refractivity contribution in [3.63, 3.8) is 0 Å². The molecule has 7 nitrogen and oxygen atoms in total. The van der Waals surface area contributed by atoms with Gasteiger partial charge in [0.25, 0.3) is 0 Å². The molecule has 3 rings (SSSR count). The number of nitrogens with one attached hydrogen (secondary N) is 1. The molecule has 0 bridgehead atoms. The Morgan fingerprint density at radius 1 is 1.12 bits per heavy atom. The van der Waals surface area contributed by atoms with Crippen molar-refractivity contribution >= 4 is 5.91 Å². The van der Waals surface area contributed by atoms with Crippen LogP contribution in [0.15, 0.2) is 55.0 Å². The molecule has 0 aliphatic carbocycles. The maximum Gasteiger partial charge on any atom is 0.224 e. The molecule has 0 spiro atoms. The van der Waals surface area contributed by atoms with Gasteiger partial charge in [-0.05, 0) is 35.4 Å². The number of nitrogens with zero attached hydrogens (tertiary/aromatic N) is 3. The summed E-state index contributed by atoms with van der Waals surface area (Å²) in [5, 5.41) is 7.02. The lowest BCUT2D eigenvalue weighted by Gasteiger charge is -2.10. The Bertz CT molecular complexity index is 861. The van der Waals surface area contributed by atoms with Crippen molar-refractivity contribution in [3.8, 4) is 17.3 Å². The van der Waals surface area contributed by atoms with Gasteiger partial charge < -0.3 is 14.8 Å². The molecule has 7 heteroatoms. The first-order chi connectivity index (χ1) is 12.7. The van der Waals surface area contributed by atoms with Crippen molar-refractivity contribution in [1.29, 1.82) is 0 Å². The summed E-state index contributed by atoms with van der Waals surface area (Å²) >= 11 is 0. The van der Waals surface area contributed by atoms with Crippen molar-refractivity contribution in [3.05, 3.63) is 66.1 Å². The minimum atomic E-state index is -0.0756. The van der Waals surface area contributed by atoms with E-state index in [9.17, 15) is 4.79 Å². The van der Waals surface area contributed by atoms with E-state index in [1.165, 1.54) is 0 Å². The predicted octanol–water partition coefficient (Wildman–Crippen LogP) is 2.14. The minimum Gasteiger partial charge on any atom is -0.493 e. The highest BCUT2D eigenvalue weighted by Crippen LogP contribution is 2.27. The molecule has 0 fully saturated rings. The van der Waals surface area contributed by atoms with Crippen LogP contribution in [0.1, 0.15) is 11.1 Å². The summed E-state index contributed by atoms with van der Waals surface area (Å²) in [5.74, 6) is 1.90. The SMILES string of the molecule is COc1ccc(CC(=O)NCc2ccc(-n3cccn3)nc2)cc1OC. The number of amides is 1.